The van der Waals surface area contributed by atoms with Gasteiger partial charge in [0, 0.05) is 15.3 Å². The van der Waals surface area contributed by atoms with Gasteiger partial charge in [0.25, 0.3) is 5.41 Å². The van der Waals surface area contributed by atoms with Crippen LogP contribution >= 0.6 is 11.3 Å². The summed E-state index contributed by atoms with van der Waals surface area (Å²) in [4.78, 5) is 41.1. The van der Waals surface area contributed by atoms with E-state index in [9.17, 15) is 14.4 Å². The highest BCUT2D eigenvalue weighted by molar-refractivity contribution is 7.16. The summed E-state index contributed by atoms with van der Waals surface area (Å²) < 4.78 is 15.8. The van der Waals surface area contributed by atoms with Gasteiger partial charge in [-0.2, -0.15) is 0 Å². The summed E-state index contributed by atoms with van der Waals surface area (Å²) >= 11 is 1.18. The van der Waals surface area contributed by atoms with Gasteiger partial charge in [0.1, 0.15) is 0 Å². The molecule has 0 bridgehead atoms. The highest BCUT2D eigenvalue weighted by atomic mass is 32.1. The number of carbonyl (C=O) groups excluding carboxylic acids is 3. The molecule has 0 fully saturated rings. The van der Waals surface area contributed by atoms with Crippen molar-refractivity contribution in [3.05, 3.63) is 70.6 Å². The van der Waals surface area contributed by atoms with Crippen molar-refractivity contribution >= 4 is 29.2 Å². The van der Waals surface area contributed by atoms with E-state index < -0.39 is 23.3 Å². The Kier molecular flexibility index (Phi) is 8.46. The molecule has 0 saturated carbocycles. The lowest BCUT2D eigenvalue weighted by atomic mass is 9.85. The van der Waals surface area contributed by atoms with E-state index in [1.165, 1.54) is 11.3 Å². The summed E-state index contributed by atoms with van der Waals surface area (Å²) in [7, 11) is 0. The molecule has 0 spiro atoms. The maximum absolute atomic E-state index is 13.4. The molecule has 3 rings (SSSR count). The summed E-state index contributed by atoms with van der Waals surface area (Å²) in [5.41, 5.74) is 2.39. The topological polar surface area (TPSA) is 78.9 Å². The van der Waals surface area contributed by atoms with E-state index in [0.717, 1.165) is 32.7 Å². The fourth-order valence-electron chi connectivity index (χ4n) is 3.71. The average Bonchev–Trinajstić information content (AvgIpc) is 3.26. The van der Waals surface area contributed by atoms with Crippen molar-refractivity contribution in [3.8, 4) is 21.6 Å². The first kappa shape index (κ1) is 26.2. The zero-order chi connectivity index (χ0) is 25.6. The maximum Gasteiger partial charge on any atom is 0.340 e. The standard InChI is InChI=1S/C28H30O6S/c1-6-32-25(29)28(26(30)33-7-2,27(31)34-8-3)23-17-22(20-13-9-18(4)10-14-20)24(35-23)21-15-11-19(5)12-16-21/h9-17H,6-8H2,1-5H3. The van der Waals surface area contributed by atoms with Gasteiger partial charge in [-0.1, -0.05) is 59.7 Å². The van der Waals surface area contributed by atoms with Gasteiger partial charge in [0.05, 0.1) is 19.8 Å². The van der Waals surface area contributed by atoms with E-state index >= 15 is 0 Å². The van der Waals surface area contributed by atoms with Crippen molar-refractivity contribution in [1.29, 1.82) is 0 Å². The van der Waals surface area contributed by atoms with Crippen LogP contribution in [0.25, 0.3) is 21.6 Å². The molecule has 35 heavy (non-hydrogen) atoms. The van der Waals surface area contributed by atoms with Gasteiger partial charge in [-0.05, 0) is 51.8 Å². The van der Waals surface area contributed by atoms with Crippen LogP contribution in [0.1, 0.15) is 36.8 Å². The van der Waals surface area contributed by atoms with Gasteiger partial charge in [-0.15, -0.1) is 11.3 Å². The van der Waals surface area contributed by atoms with Crippen LogP contribution in [0.2, 0.25) is 0 Å². The summed E-state index contributed by atoms with van der Waals surface area (Å²) in [5, 5.41) is 0. The Bertz CT molecular complexity index is 1080. The minimum Gasteiger partial charge on any atom is -0.464 e. The molecule has 0 aliphatic carbocycles. The van der Waals surface area contributed by atoms with E-state index in [-0.39, 0.29) is 24.7 Å². The van der Waals surface area contributed by atoms with Gasteiger partial charge < -0.3 is 14.2 Å². The minimum atomic E-state index is -2.38. The molecule has 0 unspecified atom stereocenters. The summed E-state index contributed by atoms with van der Waals surface area (Å²) in [5.74, 6) is -3.03. The molecule has 3 aromatic rings. The van der Waals surface area contributed by atoms with Gasteiger partial charge in [0.15, 0.2) is 0 Å². The minimum absolute atomic E-state index is 0.0135. The van der Waals surface area contributed by atoms with Crippen molar-refractivity contribution < 1.29 is 28.6 Å². The van der Waals surface area contributed by atoms with Crippen molar-refractivity contribution in [3.63, 3.8) is 0 Å². The van der Waals surface area contributed by atoms with E-state index in [1.54, 1.807) is 26.8 Å². The number of hydrogen-bond acceptors (Lipinski definition) is 7. The van der Waals surface area contributed by atoms with Crippen LogP contribution < -0.4 is 0 Å². The molecule has 2 aromatic carbocycles. The highest BCUT2D eigenvalue weighted by Gasteiger charge is 2.60. The molecule has 0 aliphatic rings. The van der Waals surface area contributed by atoms with Gasteiger partial charge in [-0.3, -0.25) is 0 Å². The van der Waals surface area contributed by atoms with E-state index in [4.69, 9.17) is 14.2 Å². The van der Waals surface area contributed by atoms with E-state index in [0.29, 0.717) is 0 Å². The molecule has 6 nitrogen and oxygen atoms in total. The van der Waals surface area contributed by atoms with Crippen molar-refractivity contribution in [1.82, 2.24) is 0 Å². The number of benzene rings is 2. The Morgan fingerprint density at radius 2 is 1.09 bits per heavy atom. The smallest absolute Gasteiger partial charge is 0.340 e. The first-order valence-electron chi connectivity index (χ1n) is 11.6. The molecular formula is C28H30O6S. The van der Waals surface area contributed by atoms with Crippen LogP contribution in [-0.4, -0.2) is 37.7 Å². The fourth-order valence-corrected chi connectivity index (χ4v) is 5.05. The number of esters is 3. The van der Waals surface area contributed by atoms with Crippen molar-refractivity contribution in [2.75, 3.05) is 19.8 Å². The second-order valence-corrected chi connectivity index (χ2v) is 9.05. The van der Waals surface area contributed by atoms with Gasteiger partial charge in [-0.25, -0.2) is 14.4 Å². The average molecular weight is 495 g/mol. The molecule has 184 valence electrons. The van der Waals surface area contributed by atoms with Crippen LogP contribution in [0, 0.1) is 13.8 Å². The van der Waals surface area contributed by atoms with E-state index in [1.807, 2.05) is 62.4 Å². The number of carbonyl (C=O) groups is 3. The quantitative estimate of drug-likeness (QED) is 0.218. The molecule has 7 heteroatoms. The third-order valence-electron chi connectivity index (χ3n) is 5.52. The number of rotatable bonds is 9. The molecular weight excluding hydrogens is 464 g/mol. The first-order chi connectivity index (χ1) is 16.8. The first-order valence-corrected chi connectivity index (χ1v) is 12.4. The molecule has 0 atom stereocenters. The monoisotopic (exact) mass is 494 g/mol. The van der Waals surface area contributed by atoms with E-state index in [2.05, 4.69) is 0 Å². The second kappa shape index (κ2) is 11.3. The second-order valence-electron chi connectivity index (χ2n) is 8.00. The van der Waals surface area contributed by atoms with Gasteiger partial charge in [0.2, 0.25) is 0 Å². The zero-order valence-electron chi connectivity index (χ0n) is 20.7. The number of ether oxygens (including phenoxy) is 3. The number of thiophene rings is 1. The molecule has 0 saturated heterocycles. The molecule has 0 amide bonds. The molecule has 0 aliphatic heterocycles. The predicted octanol–water partition coefficient (Wildman–Crippen LogP) is 5.63. The molecule has 0 N–H and O–H groups in total. The Hall–Kier alpha value is -3.45. The Morgan fingerprint density at radius 1 is 0.686 bits per heavy atom. The lowest BCUT2D eigenvalue weighted by Crippen LogP contribution is -2.53. The zero-order valence-corrected chi connectivity index (χ0v) is 21.5. The third-order valence-corrected chi connectivity index (χ3v) is 6.83. The van der Waals surface area contributed by atoms with Crippen LogP contribution in [-0.2, 0) is 34.0 Å². The summed E-state index contributed by atoms with van der Waals surface area (Å²) in [6.45, 7) is 8.80. The Morgan fingerprint density at radius 3 is 1.49 bits per heavy atom. The lowest BCUT2D eigenvalue weighted by Gasteiger charge is -2.26. The third kappa shape index (κ3) is 5.15. The van der Waals surface area contributed by atoms with Crippen LogP contribution in [0.5, 0.6) is 0 Å². The normalized spacial score (nSPS) is 11.1. The van der Waals surface area contributed by atoms with Crippen molar-refractivity contribution in [2.45, 2.75) is 40.0 Å². The molecule has 0 radical (unpaired) electrons. The van der Waals surface area contributed by atoms with Crippen molar-refractivity contribution in [2.24, 2.45) is 0 Å². The number of hydrogen-bond donors (Lipinski definition) is 0. The fraction of sp³-hybridized carbons (Fsp3) is 0.321. The molecule has 1 aromatic heterocycles. The molecule has 1 heterocycles. The van der Waals surface area contributed by atoms with Gasteiger partial charge >= 0.3 is 17.9 Å². The lowest BCUT2D eigenvalue weighted by molar-refractivity contribution is -0.175. The van der Waals surface area contributed by atoms with Crippen LogP contribution in [0.3, 0.4) is 0 Å². The maximum atomic E-state index is 13.4. The largest absolute Gasteiger partial charge is 0.464 e. The predicted molar refractivity (Wildman–Crippen MR) is 136 cm³/mol. The highest BCUT2D eigenvalue weighted by Crippen LogP contribution is 2.45. The Labute approximate surface area is 209 Å². The van der Waals surface area contributed by atoms with Crippen LogP contribution in [0.15, 0.2) is 54.6 Å². The Balaban J connectivity index is 2.35. The van der Waals surface area contributed by atoms with Crippen LogP contribution in [0.4, 0.5) is 0 Å². The summed E-state index contributed by atoms with van der Waals surface area (Å²) in [6.07, 6.45) is 0. The SMILES string of the molecule is CCOC(=O)C(C(=O)OCC)(C(=O)OCC)c1cc(-c2ccc(C)cc2)c(-c2ccc(C)cc2)s1. The summed E-state index contributed by atoms with van der Waals surface area (Å²) in [6, 6.07) is 17.6. The number of aryl methyl sites for hydroxylation is 2.